The first-order chi connectivity index (χ1) is 18.1. The van der Waals surface area contributed by atoms with Crippen molar-refractivity contribution < 1.29 is 19.1 Å². The second-order valence-corrected chi connectivity index (χ2v) is 11.7. The highest BCUT2D eigenvalue weighted by Crippen LogP contribution is 2.46. The first-order valence-corrected chi connectivity index (χ1v) is 13.8. The van der Waals surface area contributed by atoms with Gasteiger partial charge in [0.2, 0.25) is 5.91 Å². The minimum absolute atomic E-state index is 0.0876. The van der Waals surface area contributed by atoms with Crippen LogP contribution in [-0.2, 0) is 16.0 Å². The van der Waals surface area contributed by atoms with Gasteiger partial charge in [-0.25, -0.2) is 4.79 Å². The molecule has 1 aliphatic carbocycles. The van der Waals surface area contributed by atoms with Crippen LogP contribution in [0, 0.1) is 0 Å². The summed E-state index contributed by atoms with van der Waals surface area (Å²) in [4.78, 5) is 31.3. The van der Waals surface area contributed by atoms with Gasteiger partial charge in [-0.1, -0.05) is 42.5 Å². The molecule has 1 saturated heterocycles. The Hall–Kier alpha value is -3.06. The fraction of sp³-hybridized carbons (Fsp3) is 0.548. The summed E-state index contributed by atoms with van der Waals surface area (Å²) in [5, 5.41) is 0. The van der Waals surface area contributed by atoms with Gasteiger partial charge < -0.3 is 19.3 Å². The highest BCUT2D eigenvalue weighted by atomic mass is 16.6. The number of carbonyl (C=O) groups is 2. The largest absolute Gasteiger partial charge is 0.492 e. The number of nitrogens with zero attached hydrogens (tertiary/aromatic N) is 3. The van der Waals surface area contributed by atoms with Crippen molar-refractivity contribution in [2.45, 2.75) is 70.1 Å². The van der Waals surface area contributed by atoms with E-state index in [1.165, 1.54) is 5.56 Å². The molecule has 0 aromatic heterocycles. The number of carbonyl (C=O) groups excluding carboxylic acids is 2. The average Bonchev–Trinajstić information content (AvgIpc) is 3.66. The summed E-state index contributed by atoms with van der Waals surface area (Å²) in [5.41, 5.74) is 1.78. The Morgan fingerprint density at radius 2 is 1.63 bits per heavy atom. The molecule has 0 N–H and O–H groups in total. The highest BCUT2D eigenvalue weighted by molar-refractivity contribution is 5.78. The van der Waals surface area contributed by atoms with Crippen molar-refractivity contribution in [3.8, 4) is 5.75 Å². The molecule has 7 heteroatoms. The summed E-state index contributed by atoms with van der Waals surface area (Å²) in [6.07, 6.45) is 3.09. The maximum atomic E-state index is 13.3. The fourth-order valence-electron chi connectivity index (χ4n) is 5.17. The van der Waals surface area contributed by atoms with Gasteiger partial charge in [0, 0.05) is 51.7 Å². The van der Waals surface area contributed by atoms with Gasteiger partial charge in [0.25, 0.3) is 0 Å². The monoisotopic (exact) mass is 521 g/mol. The van der Waals surface area contributed by atoms with Gasteiger partial charge in [-0.05, 0) is 63.3 Å². The zero-order valence-corrected chi connectivity index (χ0v) is 23.6. The number of hydrogen-bond acceptors (Lipinski definition) is 5. The molecule has 0 radical (unpaired) electrons. The molecule has 0 spiro atoms. The molecule has 38 heavy (non-hydrogen) atoms. The Labute approximate surface area is 227 Å². The second kappa shape index (κ2) is 12.2. The maximum Gasteiger partial charge on any atom is 0.410 e. The number of likely N-dealkylation sites (tertiary alicyclic amines) is 1. The van der Waals surface area contributed by atoms with Gasteiger partial charge in [-0.3, -0.25) is 9.69 Å². The normalized spacial score (nSPS) is 20.0. The van der Waals surface area contributed by atoms with E-state index in [9.17, 15) is 9.59 Å². The standard InChI is InChI=1S/C31H43N3O4/c1-31(2,3)38-30(36)34(28-22-27(28)24-9-7-6-8-10-24)25-15-17-33(18-16-25)19-20-37-26-13-11-23(12-14-26)21-29(35)32(4)5/h6-14,25,27-28H,15-22H2,1-5H3/t27-,28+/m0/s1. The van der Waals surface area contributed by atoms with Crippen LogP contribution in [0.4, 0.5) is 4.79 Å². The number of rotatable bonds is 9. The van der Waals surface area contributed by atoms with Gasteiger partial charge in [0.1, 0.15) is 18.0 Å². The van der Waals surface area contributed by atoms with Crippen molar-refractivity contribution in [1.29, 1.82) is 0 Å². The zero-order chi connectivity index (χ0) is 27.3. The number of amides is 2. The summed E-state index contributed by atoms with van der Waals surface area (Å²) in [6, 6.07) is 18.7. The van der Waals surface area contributed by atoms with Crippen LogP contribution in [0.3, 0.4) is 0 Å². The molecule has 2 aromatic carbocycles. The van der Waals surface area contributed by atoms with Crippen molar-refractivity contribution in [2.75, 3.05) is 40.3 Å². The van der Waals surface area contributed by atoms with E-state index in [-0.39, 0.29) is 24.1 Å². The van der Waals surface area contributed by atoms with Gasteiger partial charge in [0.15, 0.2) is 0 Å². The Kier molecular flexibility index (Phi) is 8.98. The molecule has 2 atom stereocenters. The van der Waals surface area contributed by atoms with Gasteiger partial charge >= 0.3 is 6.09 Å². The quantitative estimate of drug-likeness (QED) is 0.467. The lowest BCUT2D eigenvalue weighted by atomic mass is 10.0. The summed E-state index contributed by atoms with van der Waals surface area (Å²) in [7, 11) is 3.54. The van der Waals surface area contributed by atoms with E-state index in [0.29, 0.717) is 18.9 Å². The molecule has 0 bridgehead atoms. The molecule has 7 nitrogen and oxygen atoms in total. The second-order valence-electron chi connectivity index (χ2n) is 11.7. The molecule has 1 saturated carbocycles. The van der Waals surface area contributed by atoms with Crippen LogP contribution < -0.4 is 4.74 Å². The highest BCUT2D eigenvalue weighted by Gasteiger charge is 2.48. The number of likely N-dealkylation sites (N-methyl/N-ethyl adjacent to an activating group) is 1. The number of ether oxygens (including phenoxy) is 2. The summed E-state index contributed by atoms with van der Waals surface area (Å²) in [5.74, 6) is 1.30. The van der Waals surface area contributed by atoms with E-state index < -0.39 is 5.60 Å². The predicted molar refractivity (Wildman–Crippen MR) is 149 cm³/mol. The molecule has 206 valence electrons. The molecule has 1 heterocycles. The van der Waals surface area contributed by atoms with Gasteiger partial charge in [-0.15, -0.1) is 0 Å². The third-order valence-corrected chi connectivity index (χ3v) is 7.35. The van der Waals surface area contributed by atoms with E-state index in [4.69, 9.17) is 9.47 Å². The average molecular weight is 522 g/mol. The van der Waals surface area contributed by atoms with E-state index in [1.54, 1.807) is 19.0 Å². The first kappa shape index (κ1) is 28.0. The van der Waals surface area contributed by atoms with Crippen LogP contribution in [0.15, 0.2) is 54.6 Å². The molecule has 2 aliphatic rings. The molecule has 4 rings (SSSR count). The SMILES string of the molecule is CN(C)C(=O)Cc1ccc(OCCN2CCC(N(C(=O)OC(C)(C)C)[C@@H]3C[C@H]3c3ccccc3)CC2)cc1. The number of hydrogen-bond donors (Lipinski definition) is 0. The Balaban J connectivity index is 1.26. The zero-order valence-electron chi connectivity index (χ0n) is 23.6. The summed E-state index contributed by atoms with van der Waals surface area (Å²) < 4.78 is 11.8. The summed E-state index contributed by atoms with van der Waals surface area (Å²) >= 11 is 0. The van der Waals surface area contributed by atoms with Crippen molar-refractivity contribution in [2.24, 2.45) is 0 Å². The van der Waals surface area contributed by atoms with E-state index in [0.717, 1.165) is 50.2 Å². The van der Waals surface area contributed by atoms with Crippen molar-refractivity contribution in [3.63, 3.8) is 0 Å². The lowest BCUT2D eigenvalue weighted by Gasteiger charge is -2.39. The van der Waals surface area contributed by atoms with Crippen LogP contribution in [0.1, 0.15) is 57.1 Å². The lowest BCUT2D eigenvalue weighted by Crippen LogP contribution is -2.50. The van der Waals surface area contributed by atoms with Crippen LogP contribution in [0.5, 0.6) is 5.75 Å². The number of benzene rings is 2. The topological polar surface area (TPSA) is 62.3 Å². The van der Waals surface area contributed by atoms with Crippen molar-refractivity contribution in [3.05, 3.63) is 65.7 Å². The molecular formula is C31H43N3O4. The lowest BCUT2D eigenvalue weighted by molar-refractivity contribution is -0.127. The molecule has 2 fully saturated rings. The first-order valence-electron chi connectivity index (χ1n) is 13.8. The van der Waals surface area contributed by atoms with E-state index in [2.05, 4.69) is 34.1 Å². The molecule has 2 aromatic rings. The van der Waals surface area contributed by atoms with Crippen LogP contribution in [0.2, 0.25) is 0 Å². The van der Waals surface area contributed by atoms with Crippen molar-refractivity contribution >= 4 is 12.0 Å². The van der Waals surface area contributed by atoms with Crippen LogP contribution in [0.25, 0.3) is 0 Å². The predicted octanol–water partition coefficient (Wildman–Crippen LogP) is 4.95. The molecule has 2 amide bonds. The minimum atomic E-state index is -0.509. The smallest absolute Gasteiger partial charge is 0.410 e. The van der Waals surface area contributed by atoms with E-state index in [1.807, 2.05) is 51.1 Å². The third kappa shape index (κ3) is 7.73. The summed E-state index contributed by atoms with van der Waals surface area (Å²) in [6.45, 7) is 9.12. The molecular weight excluding hydrogens is 478 g/mol. The molecule has 0 unspecified atom stereocenters. The number of piperidine rings is 1. The Morgan fingerprint density at radius 1 is 0.974 bits per heavy atom. The fourth-order valence-corrected chi connectivity index (χ4v) is 5.17. The van der Waals surface area contributed by atoms with Crippen molar-refractivity contribution in [1.82, 2.24) is 14.7 Å². The molecule has 1 aliphatic heterocycles. The Bertz CT molecular complexity index is 1060. The third-order valence-electron chi connectivity index (χ3n) is 7.35. The van der Waals surface area contributed by atoms with Gasteiger partial charge in [-0.2, -0.15) is 0 Å². The minimum Gasteiger partial charge on any atom is -0.492 e. The maximum absolute atomic E-state index is 13.3. The van der Waals surface area contributed by atoms with E-state index >= 15 is 0 Å². The Morgan fingerprint density at radius 3 is 2.24 bits per heavy atom. The van der Waals surface area contributed by atoms with Crippen LogP contribution >= 0.6 is 0 Å². The van der Waals surface area contributed by atoms with Crippen LogP contribution in [-0.4, -0.2) is 84.7 Å². The van der Waals surface area contributed by atoms with Gasteiger partial charge in [0.05, 0.1) is 6.42 Å².